The zero-order valence-corrected chi connectivity index (χ0v) is 17.3. The normalized spacial score (nSPS) is 19.1. The van der Waals surface area contributed by atoms with Gasteiger partial charge < -0.3 is 20.9 Å². The van der Waals surface area contributed by atoms with Crippen LogP contribution in [0.1, 0.15) is 37.7 Å². The van der Waals surface area contributed by atoms with Crippen LogP contribution in [0, 0.1) is 5.92 Å². The molecule has 6 heteroatoms. The molecule has 2 aliphatic rings. The number of nitrogens with one attached hydrogen (secondary N) is 3. The van der Waals surface area contributed by atoms with Crippen molar-refractivity contribution < 1.29 is 9.59 Å². The van der Waals surface area contributed by atoms with Gasteiger partial charge in [-0.3, -0.25) is 9.59 Å². The fourth-order valence-corrected chi connectivity index (χ4v) is 4.08. The molecule has 30 heavy (non-hydrogen) atoms. The van der Waals surface area contributed by atoms with Gasteiger partial charge in [0.05, 0.1) is 5.92 Å². The van der Waals surface area contributed by atoms with Crippen molar-refractivity contribution >= 4 is 28.9 Å². The summed E-state index contributed by atoms with van der Waals surface area (Å²) in [7, 11) is 0. The van der Waals surface area contributed by atoms with E-state index < -0.39 is 0 Å². The minimum absolute atomic E-state index is 0.0509. The fraction of sp³-hybridized carbons (Fsp3) is 0.417. The molecular formula is C24H30N4O2. The lowest BCUT2D eigenvalue weighted by molar-refractivity contribution is -0.126. The quantitative estimate of drug-likeness (QED) is 0.686. The third-order valence-electron chi connectivity index (χ3n) is 5.90. The zero-order chi connectivity index (χ0) is 20.8. The van der Waals surface area contributed by atoms with Crippen molar-refractivity contribution in [2.75, 3.05) is 29.9 Å². The largest absolute Gasteiger partial charge is 0.372 e. The van der Waals surface area contributed by atoms with Gasteiger partial charge in [-0.05, 0) is 54.8 Å². The van der Waals surface area contributed by atoms with Crippen molar-refractivity contribution in [3.05, 3.63) is 54.1 Å². The summed E-state index contributed by atoms with van der Waals surface area (Å²) in [6, 6.07) is 16.7. The first kappa shape index (κ1) is 20.3. The molecule has 2 aliphatic heterocycles. The Balaban J connectivity index is 1.28. The molecule has 1 unspecified atom stereocenters. The fourth-order valence-electron chi connectivity index (χ4n) is 4.08. The Bertz CT molecular complexity index is 856. The van der Waals surface area contributed by atoms with E-state index in [-0.39, 0.29) is 24.2 Å². The SMILES string of the molecule is O=C1CC(C(=O)NCc2ccc(Nc3ccc(N4CCCCCC4)cc3)cc2)CN1. The summed E-state index contributed by atoms with van der Waals surface area (Å²) in [5.41, 5.74) is 4.40. The number of hydrogen-bond donors (Lipinski definition) is 3. The van der Waals surface area contributed by atoms with E-state index in [9.17, 15) is 9.59 Å². The highest BCUT2D eigenvalue weighted by molar-refractivity contribution is 5.89. The molecule has 4 rings (SSSR count). The molecular weight excluding hydrogens is 376 g/mol. The summed E-state index contributed by atoms with van der Waals surface area (Å²) in [4.78, 5) is 25.8. The summed E-state index contributed by atoms with van der Waals surface area (Å²) in [5, 5.41) is 9.05. The highest BCUT2D eigenvalue weighted by Gasteiger charge is 2.27. The van der Waals surface area contributed by atoms with Crippen molar-refractivity contribution in [3.63, 3.8) is 0 Å². The molecule has 158 valence electrons. The second-order valence-electron chi connectivity index (χ2n) is 8.19. The first-order chi connectivity index (χ1) is 14.7. The van der Waals surface area contributed by atoms with Crippen LogP contribution in [0.4, 0.5) is 17.1 Å². The summed E-state index contributed by atoms with van der Waals surface area (Å²) in [6.45, 7) is 3.20. The topological polar surface area (TPSA) is 73.5 Å². The van der Waals surface area contributed by atoms with E-state index in [1.807, 2.05) is 24.3 Å². The Morgan fingerprint density at radius 3 is 2.17 bits per heavy atom. The molecule has 2 aromatic rings. The van der Waals surface area contributed by atoms with Crippen LogP contribution in [0.5, 0.6) is 0 Å². The lowest BCUT2D eigenvalue weighted by Crippen LogP contribution is -2.31. The van der Waals surface area contributed by atoms with Crippen molar-refractivity contribution in [1.82, 2.24) is 10.6 Å². The van der Waals surface area contributed by atoms with Gasteiger partial charge in [-0.2, -0.15) is 0 Å². The standard InChI is InChI=1S/C24H30N4O2/c29-23-15-19(17-25-23)24(30)26-16-18-5-7-20(8-6-18)27-21-9-11-22(12-10-21)28-13-3-1-2-4-14-28/h5-12,19,27H,1-4,13-17H2,(H,25,29)(H,26,30). The third kappa shape index (κ3) is 5.32. The zero-order valence-electron chi connectivity index (χ0n) is 17.3. The predicted octanol–water partition coefficient (Wildman–Crippen LogP) is 3.56. The Labute approximate surface area is 178 Å². The molecule has 0 spiro atoms. The monoisotopic (exact) mass is 406 g/mol. The first-order valence-electron chi connectivity index (χ1n) is 10.9. The predicted molar refractivity (Wildman–Crippen MR) is 120 cm³/mol. The van der Waals surface area contributed by atoms with E-state index in [0.717, 1.165) is 30.0 Å². The van der Waals surface area contributed by atoms with Gasteiger partial charge in [-0.25, -0.2) is 0 Å². The molecule has 2 amide bonds. The van der Waals surface area contributed by atoms with Gasteiger partial charge in [-0.1, -0.05) is 25.0 Å². The molecule has 0 aromatic heterocycles. The molecule has 2 heterocycles. The van der Waals surface area contributed by atoms with Crippen LogP contribution in [0.3, 0.4) is 0 Å². The maximum absolute atomic E-state index is 12.1. The van der Waals surface area contributed by atoms with Gasteiger partial charge >= 0.3 is 0 Å². The minimum Gasteiger partial charge on any atom is -0.372 e. The van der Waals surface area contributed by atoms with Gasteiger partial charge in [0.25, 0.3) is 0 Å². The maximum Gasteiger partial charge on any atom is 0.225 e. The van der Waals surface area contributed by atoms with E-state index in [0.29, 0.717) is 13.1 Å². The van der Waals surface area contributed by atoms with Crippen molar-refractivity contribution in [2.24, 2.45) is 5.92 Å². The van der Waals surface area contributed by atoms with Crippen LogP contribution in [0.2, 0.25) is 0 Å². The second kappa shape index (κ2) is 9.65. The number of benzene rings is 2. The van der Waals surface area contributed by atoms with Crippen LogP contribution in [-0.4, -0.2) is 31.4 Å². The lowest BCUT2D eigenvalue weighted by atomic mass is 10.1. The van der Waals surface area contributed by atoms with E-state index >= 15 is 0 Å². The van der Waals surface area contributed by atoms with Gasteiger partial charge in [0, 0.05) is 49.7 Å². The third-order valence-corrected chi connectivity index (χ3v) is 5.90. The highest BCUT2D eigenvalue weighted by atomic mass is 16.2. The lowest BCUT2D eigenvalue weighted by Gasteiger charge is -2.23. The Hall–Kier alpha value is -3.02. The summed E-state index contributed by atoms with van der Waals surface area (Å²) >= 11 is 0. The molecule has 3 N–H and O–H groups in total. The number of carbonyl (C=O) groups excluding carboxylic acids is 2. The number of carbonyl (C=O) groups is 2. The van der Waals surface area contributed by atoms with Crippen LogP contribution >= 0.6 is 0 Å². The van der Waals surface area contributed by atoms with Crippen molar-refractivity contribution in [1.29, 1.82) is 0 Å². The Morgan fingerprint density at radius 1 is 0.933 bits per heavy atom. The summed E-state index contributed by atoms with van der Waals surface area (Å²) < 4.78 is 0. The molecule has 6 nitrogen and oxygen atoms in total. The second-order valence-corrected chi connectivity index (χ2v) is 8.19. The van der Waals surface area contributed by atoms with Crippen molar-refractivity contribution in [3.8, 4) is 0 Å². The number of anilines is 3. The van der Waals surface area contributed by atoms with E-state index in [1.165, 1.54) is 31.4 Å². The molecule has 2 saturated heterocycles. The Morgan fingerprint density at radius 2 is 1.57 bits per heavy atom. The van der Waals surface area contributed by atoms with Crippen LogP contribution in [0.25, 0.3) is 0 Å². The molecule has 0 saturated carbocycles. The number of amides is 2. The van der Waals surface area contributed by atoms with Crippen LogP contribution in [-0.2, 0) is 16.1 Å². The summed E-state index contributed by atoms with van der Waals surface area (Å²) in [5.74, 6) is -0.374. The summed E-state index contributed by atoms with van der Waals surface area (Å²) in [6.07, 6.45) is 5.52. The van der Waals surface area contributed by atoms with E-state index in [2.05, 4.69) is 45.1 Å². The van der Waals surface area contributed by atoms with Gasteiger partial charge in [-0.15, -0.1) is 0 Å². The maximum atomic E-state index is 12.1. The van der Waals surface area contributed by atoms with Crippen molar-refractivity contribution in [2.45, 2.75) is 38.6 Å². The van der Waals surface area contributed by atoms with Crippen LogP contribution in [0.15, 0.2) is 48.5 Å². The Kier molecular flexibility index (Phi) is 6.52. The molecule has 2 fully saturated rings. The molecule has 2 aromatic carbocycles. The smallest absolute Gasteiger partial charge is 0.225 e. The molecule has 0 aliphatic carbocycles. The minimum atomic E-state index is -0.254. The molecule has 1 atom stereocenters. The number of hydrogen-bond acceptors (Lipinski definition) is 4. The molecule has 0 radical (unpaired) electrons. The number of rotatable bonds is 6. The van der Waals surface area contributed by atoms with Gasteiger partial charge in [0.2, 0.25) is 11.8 Å². The number of nitrogens with zero attached hydrogens (tertiary/aromatic N) is 1. The average molecular weight is 407 g/mol. The van der Waals surface area contributed by atoms with E-state index in [4.69, 9.17) is 0 Å². The van der Waals surface area contributed by atoms with Crippen LogP contribution < -0.4 is 20.9 Å². The first-order valence-corrected chi connectivity index (χ1v) is 10.9. The van der Waals surface area contributed by atoms with Gasteiger partial charge in [0.1, 0.15) is 0 Å². The average Bonchev–Trinajstić information content (AvgIpc) is 3.03. The highest BCUT2D eigenvalue weighted by Crippen LogP contribution is 2.23. The van der Waals surface area contributed by atoms with E-state index in [1.54, 1.807) is 0 Å². The van der Waals surface area contributed by atoms with Gasteiger partial charge in [0.15, 0.2) is 0 Å². The molecule has 0 bridgehead atoms.